The predicted molar refractivity (Wildman–Crippen MR) is 95.3 cm³/mol. The Labute approximate surface area is 149 Å². The summed E-state index contributed by atoms with van der Waals surface area (Å²) in [6, 6.07) is 1.86. The van der Waals surface area contributed by atoms with E-state index >= 15 is 0 Å². The van der Waals surface area contributed by atoms with Gasteiger partial charge in [0.15, 0.2) is 0 Å². The largest absolute Gasteiger partial charge is 0.395 e. The van der Waals surface area contributed by atoms with Crippen molar-refractivity contribution in [2.24, 2.45) is 5.41 Å². The molecule has 138 valence electrons. The molecule has 1 N–H and O–H groups in total. The highest BCUT2D eigenvalue weighted by Gasteiger charge is 2.49. The fourth-order valence-electron chi connectivity index (χ4n) is 4.03. The topological polar surface area (TPSA) is 65.8 Å². The van der Waals surface area contributed by atoms with E-state index in [1.165, 1.54) is 0 Å². The van der Waals surface area contributed by atoms with Crippen LogP contribution in [-0.4, -0.2) is 64.1 Å². The van der Waals surface area contributed by atoms with Gasteiger partial charge in [0, 0.05) is 44.1 Å². The molecular weight excluding hydrogens is 318 g/mol. The number of β-amino-alcohol motifs (C(OH)–C–C–N with tert-alkyl or cyclic N) is 1. The summed E-state index contributed by atoms with van der Waals surface area (Å²) in [5, 5.41) is 9.16. The molecule has 0 aromatic carbocycles. The molecule has 0 aliphatic carbocycles. The van der Waals surface area contributed by atoms with E-state index in [9.17, 15) is 9.59 Å². The molecule has 1 aromatic heterocycles. The van der Waals surface area contributed by atoms with E-state index in [-0.39, 0.29) is 24.0 Å². The van der Waals surface area contributed by atoms with E-state index in [4.69, 9.17) is 5.11 Å². The van der Waals surface area contributed by atoms with E-state index in [1.54, 1.807) is 4.90 Å². The van der Waals surface area contributed by atoms with E-state index in [0.717, 1.165) is 19.3 Å². The van der Waals surface area contributed by atoms with Gasteiger partial charge in [-0.3, -0.25) is 9.59 Å². The number of amides is 2. The number of hydrogen-bond donors (Lipinski definition) is 1. The molecule has 3 heterocycles. The Morgan fingerprint density at radius 1 is 1.28 bits per heavy atom. The molecule has 6 heteroatoms. The first-order valence-corrected chi connectivity index (χ1v) is 9.15. The minimum absolute atomic E-state index is 0.00644. The van der Waals surface area contributed by atoms with Gasteiger partial charge >= 0.3 is 0 Å². The van der Waals surface area contributed by atoms with Gasteiger partial charge < -0.3 is 19.5 Å². The Kier molecular flexibility index (Phi) is 4.66. The van der Waals surface area contributed by atoms with Gasteiger partial charge in [0.05, 0.1) is 17.6 Å². The molecule has 2 fully saturated rings. The zero-order chi connectivity index (χ0) is 18.2. The lowest BCUT2D eigenvalue weighted by molar-refractivity contribution is -0.146. The average Bonchev–Trinajstić information content (AvgIpc) is 3.19. The van der Waals surface area contributed by atoms with Crippen molar-refractivity contribution in [3.63, 3.8) is 0 Å². The summed E-state index contributed by atoms with van der Waals surface area (Å²) in [5.41, 5.74) is 0.173. The zero-order valence-electron chi connectivity index (χ0n) is 15.5. The Balaban J connectivity index is 1.73. The number of piperidine rings is 1. The maximum atomic E-state index is 12.9. The van der Waals surface area contributed by atoms with E-state index in [1.807, 2.05) is 27.9 Å². The van der Waals surface area contributed by atoms with Crippen molar-refractivity contribution in [1.82, 2.24) is 14.4 Å². The van der Waals surface area contributed by atoms with Crippen LogP contribution in [0.1, 0.15) is 50.4 Å². The Morgan fingerprint density at radius 3 is 2.68 bits per heavy atom. The first kappa shape index (κ1) is 18.0. The van der Waals surface area contributed by atoms with Gasteiger partial charge in [0.2, 0.25) is 5.91 Å². The standard InChI is InChI=1S/C19H29N3O3/c1-18(2,3)22-9-5-15(13-22)16(24)21-10-7-19(14-21)6-4-8-20(11-12-23)17(19)25/h5,9,13,23H,4,6-8,10-12,14H2,1-3H3. The summed E-state index contributed by atoms with van der Waals surface area (Å²) >= 11 is 0. The Hall–Kier alpha value is -1.82. The minimum atomic E-state index is -0.449. The molecule has 2 amide bonds. The number of aromatic nitrogens is 1. The number of aliphatic hydroxyl groups is 1. The van der Waals surface area contributed by atoms with Crippen LogP contribution in [0.2, 0.25) is 0 Å². The number of carbonyl (C=O) groups is 2. The summed E-state index contributed by atoms with van der Waals surface area (Å²) in [4.78, 5) is 29.3. The molecule has 3 rings (SSSR count). The van der Waals surface area contributed by atoms with Crippen LogP contribution in [0.5, 0.6) is 0 Å². The first-order chi connectivity index (χ1) is 11.8. The number of carbonyl (C=O) groups excluding carboxylic acids is 2. The summed E-state index contributed by atoms with van der Waals surface area (Å²) < 4.78 is 2.04. The maximum Gasteiger partial charge on any atom is 0.255 e. The monoisotopic (exact) mass is 347 g/mol. The van der Waals surface area contributed by atoms with Crippen LogP contribution in [0, 0.1) is 5.41 Å². The SMILES string of the molecule is CC(C)(C)n1ccc(C(=O)N2CCC3(CCCN(CCO)C3=O)C2)c1. The van der Waals surface area contributed by atoms with Gasteiger partial charge in [-0.1, -0.05) is 0 Å². The van der Waals surface area contributed by atoms with Crippen molar-refractivity contribution in [2.45, 2.75) is 45.6 Å². The van der Waals surface area contributed by atoms with Crippen LogP contribution in [-0.2, 0) is 10.3 Å². The molecule has 1 aromatic rings. The smallest absolute Gasteiger partial charge is 0.255 e. The number of likely N-dealkylation sites (tertiary alicyclic amines) is 2. The van der Waals surface area contributed by atoms with Gasteiger partial charge in [0.1, 0.15) is 0 Å². The van der Waals surface area contributed by atoms with Crippen molar-refractivity contribution >= 4 is 11.8 Å². The highest BCUT2D eigenvalue weighted by Crippen LogP contribution is 2.40. The third kappa shape index (κ3) is 3.32. The molecule has 1 atom stereocenters. The van der Waals surface area contributed by atoms with Crippen LogP contribution in [0.4, 0.5) is 0 Å². The first-order valence-electron chi connectivity index (χ1n) is 9.15. The minimum Gasteiger partial charge on any atom is -0.395 e. The number of rotatable bonds is 3. The van der Waals surface area contributed by atoms with E-state index in [0.29, 0.717) is 31.7 Å². The molecule has 2 saturated heterocycles. The molecular formula is C19H29N3O3. The predicted octanol–water partition coefficient (Wildman–Crippen LogP) is 1.69. The van der Waals surface area contributed by atoms with Crippen LogP contribution in [0.3, 0.4) is 0 Å². The average molecular weight is 347 g/mol. The summed E-state index contributed by atoms with van der Waals surface area (Å²) in [5.74, 6) is 0.113. The van der Waals surface area contributed by atoms with Crippen molar-refractivity contribution in [3.8, 4) is 0 Å². The van der Waals surface area contributed by atoms with Crippen LogP contribution < -0.4 is 0 Å². The molecule has 0 bridgehead atoms. The molecule has 2 aliphatic rings. The molecule has 2 aliphatic heterocycles. The fourth-order valence-corrected chi connectivity index (χ4v) is 4.03. The molecule has 6 nitrogen and oxygen atoms in total. The second-order valence-corrected chi connectivity index (χ2v) is 8.35. The second kappa shape index (κ2) is 6.48. The maximum absolute atomic E-state index is 12.9. The van der Waals surface area contributed by atoms with Gasteiger partial charge in [-0.25, -0.2) is 0 Å². The van der Waals surface area contributed by atoms with Gasteiger partial charge in [0.25, 0.3) is 5.91 Å². The number of nitrogens with zero attached hydrogens (tertiary/aromatic N) is 3. The highest BCUT2D eigenvalue weighted by molar-refractivity contribution is 5.95. The quantitative estimate of drug-likeness (QED) is 0.905. The summed E-state index contributed by atoms with van der Waals surface area (Å²) in [6.45, 7) is 8.51. The Morgan fingerprint density at radius 2 is 2.04 bits per heavy atom. The number of aliphatic hydroxyl groups excluding tert-OH is 1. The van der Waals surface area contributed by atoms with E-state index < -0.39 is 5.41 Å². The van der Waals surface area contributed by atoms with Crippen LogP contribution >= 0.6 is 0 Å². The van der Waals surface area contributed by atoms with Crippen LogP contribution in [0.25, 0.3) is 0 Å². The lowest BCUT2D eigenvalue weighted by atomic mass is 9.78. The van der Waals surface area contributed by atoms with Gasteiger partial charge in [-0.15, -0.1) is 0 Å². The Bertz CT molecular complexity index is 659. The third-order valence-corrected chi connectivity index (χ3v) is 5.55. The number of hydrogen-bond acceptors (Lipinski definition) is 3. The molecule has 1 unspecified atom stereocenters. The lowest BCUT2D eigenvalue weighted by Gasteiger charge is -2.39. The molecule has 1 spiro atoms. The normalized spacial score (nSPS) is 24.4. The van der Waals surface area contributed by atoms with Gasteiger partial charge in [-0.2, -0.15) is 0 Å². The molecule has 0 radical (unpaired) electrons. The lowest BCUT2D eigenvalue weighted by Crippen LogP contribution is -2.51. The second-order valence-electron chi connectivity index (χ2n) is 8.35. The van der Waals surface area contributed by atoms with Crippen molar-refractivity contribution in [1.29, 1.82) is 0 Å². The third-order valence-electron chi connectivity index (χ3n) is 5.55. The molecule has 25 heavy (non-hydrogen) atoms. The summed E-state index contributed by atoms with van der Waals surface area (Å²) in [7, 11) is 0. The van der Waals surface area contributed by atoms with E-state index in [2.05, 4.69) is 20.8 Å². The van der Waals surface area contributed by atoms with Crippen molar-refractivity contribution in [3.05, 3.63) is 24.0 Å². The fraction of sp³-hybridized carbons (Fsp3) is 0.684. The van der Waals surface area contributed by atoms with Crippen molar-refractivity contribution < 1.29 is 14.7 Å². The zero-order valence-corrected chi connectivity index (χ0v) is 15.5. The molecule has 0 saturated carbocycles. The summed E-state index contributed by atoms with van der Waals surface area (Å²) in [6.07, 6.45) is 6.33. The van der Waals surface area contributed by atoms with Gasteiger partial charge in [-0.05, 0) is 46.1 Å². The highest BCUT2D eigenvalue weighted by atomic mass is 16.3. The van der Waals surface area contributed by atoms with Crippen molar-refractivity contribution in [2.75, 3.05) is 32.8 Å². The van der Waals surface area contributed by atoms with Crippen LogP contribution in [0.15, 0.2) is 18.5 Å².